The van der Waals surface area contributed by atoms with Crippen molar-refractivity contribution in [1.29, 1.82) is 0 Å². The molecule has 0 unspecified atom stereocenters. The maximum absolute atomic E-state index is 13.4. The van der Waals surface area contributed by atoms with Crippen molar-refractivity contribution in [2.24, 2.45) is 0 Å². The van der Waals surface area contributed by atoms with Crippen LogP contribution < -0.4 is 10.5 Å². The van der Waals surface area contributed by atoms with Gasteiger partial charge in [-0.2, -0.15) is 0 Å². The molecule has 5 nitrogen and oxygen atoms in total. The Labute approximate surface area is 190 Å². The van der Waals surface area contributed by atoms with Crippen LogP contribution in [0.15, 0.2) is 82.7 Å². The highest BCUT2D eigenvalue weighted by atomic mass is 32.2. The minimum absolute atomic E-state index is 0.0286. The van der Waals surface area contributed by atoms with E-state index in [2.05, 4.69) is 6.07 Å². The lowest BCUT2D eigenvalue weighted by molar-refractivity contribution is -0.116. The summed E-state index contributed by atoms with van der Waals surface area (Å²) < 4.78 is 1.64. The Morgan fingerprint density at radius 3 is 2.53 bits per heavy atom. The van der Waals surface area contributed by atoms with E-state index < -0.39 is 0 Å². The molecular weight excluding hydrogens is 418 g/mol. The molecule has 1 amide bonds. The molecule has 1 aromatic heterocycles. The predicted octanol–water partition coefficient (Wildman–Crippen LogP) is 4.77. The van der Waals surface area contributed by atoms with Crippen molar-refractivity contribution in [1.82, 2.24) is 9.55 Å². The second kappa shape index (κ2) is 8.63. The predicted molar refractivity (Wildman–Crippen MR) is 130 cm³/mol. The SMILES string of the molecule is Cc1ccccc1-n1c(SCC(=O)N2CCCc3ccccc32)nc2ccccc2c1=O. The Bertz CT molecular complexity index is 1380. The zero-order valence-corrected chi connectivity index (χ0v) is 18.6. The second-order valence-electron chi connectivity index (χ2n) is 7.90. The van der Waals surface area contributed by atoms with Gasteiger partial charge in [-0.3, -0.25) is 14.2 Å². The van der Waals surface area contributed by atoms with Gasteiger partial charge >= 0.3 is 0 Å². The van der Waals surface area contributed by atoms with Gasteiger partial charge in [-0.05, 0) is 55.2 Å². The van der Waals surface area contributed by atoms with Gasteiger partial charge in [0.2, 0.25) is 5.91 Å². The minimum atomic E-state index is -0.122. The van der Waals surface area contributed by atoms with Crippen LogP contribution in [0.5, 0.6) is 0 Å². The highest BCUT2D eigenvalue weighted by Crippen LogP contribution is 2.29. The highest BCUT2D eigenvalue weighted by Gasteiger charge is 2.23. The third kappa shape index (κ3) is 3.71. The average molecular weight is 442 g/mol. The van der Waals surface area contributed by atoms with Crippen LogP contribution in [0.1, 0.15) is 17.5 Å². The lowest BCUT2D eigenvalue weighted by Gasteiger charge is -2.29. The number of rotatable bonds is 4. The topological polar surface area (TPSA) is 55.2 Å². The first kappa shape index (κ1) is 20.5. The number of thioether (sulfide) groups is 1. The fraction of sp³-hybridized carbons (Fsp3) is 0.192. The minimum Gasteiger partial charge on any atom is -0.311 e. The normalized spacial score (nSPS) is 13.2. The number of hydrogen-bond acceptors (Lipinski definition) is 4. The molecule has 3 aromatic carbocycles. The molecule has 32 heavy (non-hydrogen) atoms. The maximum Gasteiger partial charge on any atom is 0.266 e. The molecule has 4 aromatic rings. The molecule has 0 fully saturated rings. The number of para-hydroxylation sites is 3. The maximum atomic E-state index is 13.4. The number of aryl methyl sites for hydroxylation is 2. The molecule has 0 saturated carbocycles. The van der Waals surface area contributed by atoms with Gasteiger partial charge in [-0.25, -0.2) is 4.98 Å². The van der Waals surface area contributed by atoms with E-state index in [0.717, 1.165) is 29.8 Å². The molecule has 0 aliphatic carbocycles. The van der Waals surface area contributed by atoms with Gasteiger partial charge in [0.25, 0.3) is 5.56 Å². The monoisotopic (exact) mass is 441 g/mol. The van der Waals surface area contributed by atoms with Crippen LogP contribution in [-0.4, -0.2) is 27.8 Å². The van der Waals surface area contributed by atoms with E-state index in [9.17, 15) is 9.59 Å². The number of amides is 1. The summed E-state index contributed by atoms with van der Waals surface area (Å²) in [4.78, 5) is 33.2. The Morgan fingerprint density at radius 2 is 1.69 bits per heavy atom. The van der Waals surface area contributed by atoms with Crippen LogP contribution in [0, 0.1) is 6.92 Å². The molecule has 160 valence electrons. The molecule has 0 bridgehead atoms. The molecular formula is C26H23N3O2S. The molecule has 0 spiro atoms. The smallest absolute Gasteiger partial charge is 0.266 e. The van der Waals surface area contributed by atoms with E-state index >= 15 is 0 Å². The molecule has 1 aliphatic rings. The first-order chi connectivity index (χ1) is 15.6. The fourth-order valence-electron chi connectivity index (χ4n) is 4.23. The van der Waals surface area contributed by atoms with Gasteiger partial charge in [-0.15, -0.1) is 0 Å². The van der Waals surface area contributed by atoms with Crippen molar-refractivity contribution >= 4 is 34.3 Å². The number of fused-ring (bicyclic) bond motifs is 2. The molecule has 0 radical (unpaired) electrons. The standard InChI is InChI=1S/C26H23N3O2S/c1-18-9-2-6-14-22(18)29-25(31)20-12-4-5-13-21(20)27-26(29)32-17-24(30)28-16-8-11-19-10-3-7-15-23(19)28/h2-7,9-10,12-15H,8,11,16-17H2,1H3. The van der Waals surface area contributed by atoms with Gasteiger partial charge in [0.1, 0.15) is 0 Å². The Balaban J connectivity index is 1.52. The van der Waals surface area contributed by atoms with Crippen LogP contribution in [-0.2, 0) is 11.2 Å². The van der Waals surface area contributed by atoms with E-state index in [4.69, 9.17) is 4.98 Å². The van der Waals surface area contributed by atoms with Crippen molar-refractivity contribution in [2.45, 2.75) is 24.9 Å². The van der Waals surface area contributed by atoms with Crippen molar-refractivity contribution in [3.63, 3.8) is 0 Å². The zero-order valence-electron chi connectivity index (χ0n) is 17.8. The van der Waals surface area contributed by atoms with Gasteiger partial charge in [0, 0.05) is 12.2 Å². The molecule has 0 N–H and O–H groups in total. The molecule has 0 atom stereocenters. The van der Waals surface area contributed by atoms with E-state index in [-0.39, 0.29) is 17.2 Å². The lowest BCUT2D eigenvalue weighted by Crippen LogP contribution is -2.36. The van der Waals surface area contributed by atoms with Crippen LogP contribution in [0.4, 0.5) is 5.69 Å². The average Bonchev–Trinajstić information content (AvgIpc) is 2.83. The summed E-state index contributed by atoms with van der Waals surface area (Å²) in [5, 5.41) is 1.10. The molecule has 1 aliphatic heterocycles. The number of aromatic nitrogens is 2. The number of nitrogens with zero attached hydrogens (tertiary/aromatic N) is 3. The van der Waals surface area contributed by atoms with Crippen LogP contribution >= 0.6 is 11.8 Å². The van der Waals surface area contributed by atoms with Crippen molar-refractivity contribution in [2.75, 3.05) is 17.2 Å². The number of carbonyl (C=O) groups excluding carboxylic acids is 1. The van der Waals surface area contributed by atoms with Crippen molar-refractivity contribution in [3.8, 4) is 5.69 Å². The van der Waals surface area contributed by atoms with Gasteiger partial charge < -0.3 is 4.90 Å². The van der Waals surface area contributed by atoms with Crippen molar-refractivity contribution < 1.29 is 4.79 Å². The summed E-state index contributed by atoms with van der Waals surface area (Å²) >= 11 is 1.32. The third-order valence-electron chi connectivity index (χ3n) is 5.84. The van der Waals surface area contributed by atoms with E-state index in [1.807, 2.05) is 72.5 Å². The van der Waals surface area contributed by atoms with Crippen LogP contribution in [0.3, 0.4) is 0 Å². The summed E-state index contributed by atoms with van der Waals surface area (Å²) in [6, 6.07) is 23.2. The number of carbonyl (C=O) groups is 1. The largest absolute Gasteiger partial charge is 0.311 e. The lowest BCUT2D eigenvalue weighted by atomic mass is 10.0. The number of benzene rings is 3. The van der Waals surface area contributed by atoms with E-state index in [1.54, 1.807) is 10.6 Å². The van der Waals surface area contributed by atoms with Crippen LogP contribution in [0.25, 0.3) is 16.6 Å². The molecule has 0 saturated heterocycles. The van der Waals surface area contributed by atoms with E-state index in [1.165, 1.54) is 17.3 Å². The summed E-state index contributed by atoms with van der Waals surface area (Å²) in [6.07, 6.45) is 1.95. The summed E-state index contributed by atoms with van der Waals surface area (Å²) in [5.41, 5.74) is 4.48. The zero-order chi connectivity index (χ0) is 22.1. The Hall–Kier alpha value is -3.38. The summed E-state index contributed by atoms with van der Waals surface area (Å²) in [6.45, 7) is 2.69. The first-order valence-corrected chi connectivity index (χ1v) is 11.7. The highest BCUT2D eigenvalue weighted by molar-refractivity contribution is 7.99. The number of anilines is 1. The second-order valence-corrected chi connectivity index (χ2v) is 8.85. The van der Waals surface area contributed by atoms with Gasteiger partial charge in [0.05, 0.1) is 22.3 Å². The quantitative estimate of drug-likeness (QED) is 0.338. The van der Waals surface area contributed by atoms with Crippen LogP contribution in [0.2, 0.25) is 0 Å². The fourth-order valence-corrected chi connectivity index (χ4v) is 5.11. The van der Waals surface area contributed by atoms with E-state index in [0.29, 0.717) is 22.6 Å². The molecule has 5 rings (SSSR count). The molecule has 6 heteroatoms. The number of hydrogen-bond donors (Lipinski definition) is 0. The summed E-state index contributed by atoms with van der Waals surface area (Å²) in [5.74, 6) is 0.242. The third-order valence-corrected chi connectivity index (χ3v) is 6.76. The molecule has 2 heterocycles. The Morgan fingerprint density at radius 1 is 0.969 bits per heavy atom. The Kier molecular flexibility index (Phi) is 5.53. The van der Waals surface area contributed by atoms with Gasteiger partial charge in [-0.1, -0.05) is 60.3 Å². The first-order valence-electron chi connectivity index (χ1n) is 10.7. The van der Waals surface area contributed by atoms with Crippen molar-refractivity contribution in [3.05, 3.63) is 94.3 Å². The van der Waals surface area contributed by atoms with Gasteiger partial charge in [0.15, 0.2) is 5.16 Å². The summed E-state index contributed by atoms with van der Waals surface area (Å²) in [7, 11) is 0.